The molecule has 1 aliphatic heterocycles. The van der Waals surface area contributed by atoms with Crippen molar-refractivity contribution in [3.05, 3.63) is 48.2 Å². The predicted molar refractivity (Wildman–Crippen MR) is 125 cm³/mol. The molecule has 1 unspecified atom stereocenters. The third kappa shape index (κ3) is 6.82. The van der Waals surface area contributed by atoms with Crippen molar-refractivity contribution in [2.24, 2.45) is 10.7 Å². The quantitative estimate of drug-likeness (QED) is 0.421. The first-order valence-corrected chi connectivity index (χ1v) is 11.3. The summed E-state index contributed by atoms with van der Waals surface area (Å²) in [6.07, 6.45) is -1.45. The van der Waals surface area contributed by atoms with E-state index in [0.717, 1.165) is 17.8 Å². The molecule has 0 spiro atoms. The van der Waals surface area contributed by atoms with E-state index in [1.165, 1.54) is 28.1 Å². The van der Waals surface area contributed by atoms with E-state index in [1.54, 1.807) is 14.1 Å². The van der Waals surface area contributed by atoms with Crippen LogP contribution in [0.5, 0.6) is 11.8 Å². The molecule has 2 N–H and O–H groups in total. The van der Waals surface area contributed by atoms with E-state index in [2.05, 4.69) is 26.5 Å². The molecule has 0 bridgehead atoms. The highest BCUT2D eigenvalue weighted by Gasteiger charge is 2.33. The lowest BCUT2D eigenvalue weighted by atomic mass is 10.2. The van der Waals surface area contributed by atoms with Gasteiger partial charge in [-0.15, -0.1) is 0 Å². The van der Waals surface area contributed by atoms with Crippen molar-refractivity contribution in [2.45, 2.75) is 18.2 Å². The average molecular weight is 512 g/mol. The number of amides is 1. The molecule has 1 amide bonds. The van der Waals surface area contributed by atoms with Crippen LogP contribution in [0.1, 0.15) is 16.2 Å². The molecule has 3 rings (SSSR count). The second kappa shape index (κ2) is 11.8. The number of halogens is 3. The molecule has 1 aliphatic rings. The summed E-state index contributed by atoms with van der Waals surface area (Å²) in [5.41, 5.74) is 5.87. The molecule has 1 fully saturated rings. The Morgan fingerprint density at radius 1 is 1.43 bits per heavy atom. The van der Waals surface area contributed by atoms with Crippen LogP contribution in [0.2, 0.25) is 0 Å². The molecular formula is C21H24F3N7O3S. The highest BCUT2D eigenvalue weighted by atomic mass is 32.2. The lowest BCUT2D eigenvalue weighted by Gasteiger charge is -2.35. The molecule has 1 saturated heterocycles. The Morgan fingerprint density at radius 3 is 2.86 bits per heavy atom. The average Bonchev–Trinajstić information content (AvgIpc) is 2.83. The number of anilines is 1. The molecule has 35 heavy (non-hydrogen) atoms. The van der Waals surface area contributed by atoms with Crippen LogP contribution >= 0.6 is 11.8 Å². The zero-order chi connectivity index (χ0) is 25.5. The summed E-state index contributed by atoms with van der Waals surface area (Å²) in [5, 5.41) is 0.188. The molecular weight excluding hydrogens is 487 g/mol. The molecule has 1 aromatic heterocycles. The number of thioether (sulfide) groups is 1. The van der Waals surface area contributed by atoms with Gasteiger partial charge in [-0.2, -0.15) is 15.0 Å². The van der Waals surface area contributed by atoms with Gasteiger partial charge in [-0.1, -0.05) is 18.3 Å². The smallest absolute Gasteiger partial charge is 0.327 e. The summed E-state index contributed by atoms with van der Waals surface area (Å²) in [6.45, 7) is 3.56. The third-order valence-electron chi connectivity index (χ3n) is 4.72. The maximum atomic E-state index is 14.7. The maximum absolute atomic E-state index is 14.7. The minimum Gasteiger partial charge on any atom is -0.421 e. The molecule has 2 aromatic rings. The SMILES string of the molecule is C=C/N=C(/N)SCc1nc(Oc2ccc(C(=O)N(C)C)cc2F)nc(N2CCOCC2C(F)F)n1. The van der Waals surface area contributed by atoms with Crippen LogP contribution in [0.15, 0.2) is 36.0 Å². The number of alkyl halides is 2. The Kier molecular flexibility index (Phi) is 8.87. The van der Waals surface area contributed by atoms with E-state index < -0.39 is 18.3 Å². The number of hydrogen-bond donors (Lipinski definition) is 1. The number of carbonyl (C=O) groups is 1. The van der Waals surface area contributed by atoms with Gasteiger partial charge in [0.1, 0.15) is 11.9 Å². The first-order valence-electron chi connectivity index (χ1n) is 10.3. The van der Waals surface area contributed by atoms with E-state index in [-0.39, 0.29) is 65.7 Å². The van der Waals surface area contributed by atoms with Gasteiger partial charge >= 0.3 is 6.01 Å². The van der Waals surface area contributed by atoms with E-state index in [0.29, 0.717) is 0 Å². The van der Waals surface area contributed by atoms with Gasteiger partial charge in [-0.25, -0.2) is 18.2 Å². The van der Waals surface area contributed by atoms with Crippen molar-refractivity contribution >= 4 is 28.8 Å². The van der Waals surface area contributed by atoms with Crippen molar-refractivity contribution in [2.75, 3.05) is 38.8 Å². The van der Waals surface area contributed by atoms with Crippen LogP contribution in [0.25, 0.3) is 0 Å². The number of nitrogens with two attached hydrogens (primary N) is 1. The van der Waals surface area contributed by atoms with Gasteiger partial charge < -0.3 is 25.0 Å². The number of nitrogens with zero attached hydrogens (tertiary/aromatic N) is 6. The van der Waals surface area contributed by atoms with Gasteiger partial charge in [0.05, 0.1) is 19.0 Å². The zero-order valence-electron chi connectivity index (χ0n) is 19.0. The number of rotatable bonds is 8. The minimum absolute atomic E-state index is 0.0711. The lowest BCUT2D eigenvalue weighted by molar-refractivity contribution is 0.0198. The number of aromatic nitrogens is 3. The molecule has 0 aliphatic carbocycles. The predicted octanol–water partition coefficient (Wildman–Crippen LogP) is 2.67. The molecule has 0 radical (unpaired) electrons. The van der Waals surface area contributed by atoms with Gasteiger partial charge in [-0.3, -0.25) is 4.79 Å². The summed E-state index contributed by atoms with van der Waals surface area (Å²) >= 11 is 1.08. The fourth-order valence-corrected chi connectivity index (χ4v) is 3.60. The fraction of sp³-hybridized carbons (Fsp3) is 0.381. The van der Waals surface area contributed by atoms with E-state index in [9.17, 15) is 18.0 Å². The van der Waals surface area contributed by atoms with Crippen LogP contribution in [-0.4, -0.2) is 77.2 Å². The second-order valence-corrected chi connectivity index (χ2v) is 8.39. The van der Waals surface area contributed by atoms with Gasteiger partial charge in [-0.05, 0) is 18.2 Å². The molecule has 188 valence electrons. The summed E-state index contributed by atoms with van der Waals surface area (Å²) in [7, 11) is 3.09. The molecule has 1 aromatic carbocycles. The van der Waals surface area contributed by atoms with Crippen molar-refractivity contribution in [3.8, 4) is 11.8 Å². The number of amidine groups is 1. The monoisotopic (exact) mass is 511 g/mol. The summed E-state index contributed by atoms with van der Waals surface area (Å²) in [4.78, 5) is 31.1. The highest BCUT2D eigenvalue weighted by molar-refractivity contribution is 8.13. The normalized spacial score (nSPS) is 16.3. The van der Waals surface area contributed by atoms with Crippen LogP contribution in [-0.2, 0) is 10.5 Å². The molecule has 14 heteroatoms. The number of carbonyl (C=O) groups excluding carboxylic acids is 1. The van der Waals surface area contributed by atoms with E-state index in [1.807, 2.05) is 0 Å². The van der Waals surface area contributed by atoms with Crippen molar-refractivity contribution in [1.29, 1.82) is 0 Å². The van der Waals surface area contributed by atoms with E-state index >= 15 is 0 Å². The number of aliphatic imine (C=N–C) groups is 1. The highest BCUT2D eigenvalue weighted by Crippen LogP contribution is 2.27. The van der Waals surface area contributed by atoms with Crippen molar-refractivity contribution in [3.63, 3.8) is 0 Å². The standard InChI is InChI=1S/C21H24F3N7O3S/c1-4-26-19(25)35-11-16-27-20(31-7-8-33-10-14(31)17(23)24)29-21(28-16)34-15-6-5-12(9-13(15)22)18(32)30(2)3/h4-6,9,14,17H,1,7-8,10-11H2,2-3H3,(H2,25,26). The maximum Gasteiger partial charge on any atom is 0.327 e. The molecule has 2 heterocycles. The van der Waals surface area contributed by atoms with E-state index in [4.69, 9.17) is 15.2 Å². The number of morpholine rings is 1. The van der Waals surface area contributed by atoms with Gasteiger partial charge in [0.2, 0.25) is 5.95 Å². The van der Waals surface area contributed by atoms with Crippen LogP contribution in [0.3, 0.4) is 0 Å². The third-order valence-corrected chi connectivity index (χ3v) is 5.52. The summed E-state index contributed by atoms with van der Waals surface area (Å²) < 4.78 is 52.6. The Morgan fingerprint density at radius 2 is 2.20 bits per heavy atom. The van der Waals surface area contributed by atoms with Crippen molar-refractivity contribution < 1.29 is 27.4 Å². The van der Waals surface area contributed by atoms with Crippen LogP contribution in [0, 0.1) is 5.82 Å². The first-order chi connectivity index (χ1) is 16.7. The van der Waals surface area contributed by atoms with Gasteiger partial charge in [0.15, 0.2) is 16.7 Å². The first kappa shape index (κ1) is 26.2. The Bertz CT molecular complexity index is 1100. The van der Waals surface area contributed by atoms with Crippen LogP contribution in [0.4, 0.5) is 19.1 Å². The Hall–Kier alpha value is -3.39. The molecule has 10 nitrogen and oxygen atoms in total. The van der Waals surface area contributed by atoms with Gasteiger partial charge in [0, 0.05) is 32.4 Å². The molecule has 0 saturated carbocycles. The van der Waals surface area contributed by atoms with Crippen molar-refractivity contribution in [1.82, 2.24) is 19.9 Å². The number of ether oxygens (including phenoxy) is 2. The topological polar surface area (TPSA) is 119 Å². The zero-order valence-corrected chi connectivity index (χ0v) is 19.8. The second-order valence-electron chi connectivity index (χ2n) is 7.39. The lowest BCUT2D eigenvalue weighted by Crippen LogP contribution is -2.50. The van der Waals surface area contributed by atoms with Crippen LogP contribution < -0.4 is 15.4 Å². The minimum atomic E-state index is -2.72. The molecule has 1 atom stereocenters. The van der Waals surface area contributed by atoms with Gasteiger partial charge in [0.25, 0.3) is 12.3 Å². The fourth-order valence-electron chi connectivity index (χ4n) is 3.04. The number of hydrogen-bond acceptors (Lipinski definition) is 9. The largest absolute Gasteiger partial charge is 0.421 e. The Labute approximate surface area is 204 Å². The summed E-state index contributed by atoms with van der Waals surface area (Å²) in [6, 6.07) is 2.09. The Balaban J connectivity index is 1.94. The number of benzene rings is 1. The summed E-state index contributed by atoms with van der Waals surface area (Å²) in [5.74, 6) is -1.28.